The van der Waals surface area contributed by atoms with Gasteiger partial charge in [-0.3, -0.25) is 0 Å². The van der Waals surface area contributed by atoms with Gasteiger partial charge in [0.2, 0.25) is 0 Å². The molecule has 1 N–H and O–H groups in total. The van der Waals surface area contributed by atoms with Crippen LogP contribution in [0.1, 0.15) is 33.3 Å². The molecule has 27 heavy (non-hydrogen) atoms. The smallest absolute Gasteiger partial charge is 0.0717 e. The number of ether oxygens (including phenoxy) is 1. The average Bonchev–Trinajstić information content (AvgIpc) is 2.70. The molecule has 0 radical (unpaired) electrons. The minimum absolute atomic E-state index is 0.287. The van der Waals surface area contributed by atoms with E-state index in [9.17, 15) is 0 Å². The summed E-state index contributed by atoms with van der Waals surface area (Å²) in [6, 6.07) is 10.3. The summed E-state index contributed by atoms with van der Waals surface area (Å²) in [5.41, 5.74) is 1.24. The zero-order valence-electron chi connectivity index (χ0n) is 17.9. The molecular weight excluding hydrogens is 378 g/mol. The maximum atomic E-state index is 8.77. The molecule has 2 unspecified atom stereocenters. The van der Waals surface area contributed by atoms with Gasteiger partial charge in [-0.25, -0.2) is 0 Å². The third kappa shape index (κ3) is 14.6. The van der Waals surface area contributed by atoms with Crippen molar-refractivity contribution in [2.45, 2.75) is 34.3 Å². The first-order valence-corrected chi connectivity index (χ1v) is 11.9. The number of aliphatic hydroxyl groups is 1. The lowest BCUT2D eigenvalue weighted by Crippen LogP contribution is -2.16. The van der Waals surface area contributed by atoms with Crippen LogP contribution >= 0.6 is 17.6 Å². The normalized spacial score (nSPS) is 16.3. The Kier molecular flexibility index (Phi) is 17.9. The molecule has 0 bridgehead atoms. The fraction of sp³-hybridized carbons (Fsp3) is 0.714. The first-order valence-electron chi connectivity index (χ1n) is 9.70. The lowest BCUT2D eigenvalue weighted by atomic mass is 9.99. The molecule has 1 aromatic carbocycles. The molecule has 6 heteroatoms. The Morgan fingerprint density at radius 3 is 1.81 bits per heavy atom. The number of aliphatic hydroxyl groups excluding tert-OH is 1. The van der Waals surface area contributed by atoms with Crippen LogP contribution in [0.25, 0.3) is 0 Å². The third-order valence-corrected chi connectivity index (χ3v) is 7.02. The summed E-state index contributed by atoms with van der Waals surface area (Å²) in [5, 5.41) is 8.77. The molecule has 4 nitrogen and oxygen atoms in total. The summed E-state index contributed by atoms with van der Waals surface area (Å²) in [7, 11) is 4.67. The van der Waals surface area contributed by atoms with Crippen molar-refractivity contribution in [1.29, 1.82) is 0 Å². The molecule has 0 fully saturated rings. The molecule has 0 saturated carbocycles. The van der Waals surface area contributed by atoms with Crippen molar-refractivity contribution in [3.63, 3.8) is 0 Å². The average molecular weight is 418 g/mol. The van der Waals surface area contributed by atoms with Crippen LogP contribution < -0.4 is 0 Å². The van der Waals surface area contributed by atoms with Crippen LogP contribution in [0.2, 0.25) is 0 Å². The maximum absolute atomic E-state index is 8.77. The molecule has 6 atom stereocenters. The molecule has 0 aliphatic rings. The Morgan fingerprint density at radius 1 is 0.815 bits per heavy atom. The van der Waals surface area contributed by atoms with Crippen molar-refractivity contribution in [3.8, 4) is 0 Å². The molecule has 0 aromatic heterocycles. The Hall–Kier alpha value is -0.0800. The fourth-order valence-corrected chi connectivity index (χ4v) is 3.78. The van der Waals surface area contributed by atoms with Gasteiger partial charge >= 0.3 is 0 Å². The Labute approximate surface area is 170 Å². The summed E-state index contributed by atoms with van der Waals surface area (Å²) < 4.78 is 15.8. The van der Waals surface area contributed by atoms with Crippen molar-refractivity contribution in [2.24, 2.45) is 23.7 Å². The number of benzene rings is 1. The monoisotopic (exact) mass is 418 g/mol. The van der Waals surface area contributed by atoms with Crippen LogP contribution in [-0.4, -0.2) is 44.9 Å². The predicted molar refractivity (Wildman–Crippen MR) is 120 cm³/mol. The summed E-state index contributed by atoms with van der Waals surface area (Å²) in [4.78, 5) is 0. The summed E-state index contributed by atoms with van der Waals surface area (Å²) in [6.07, 6.45) is 2.20. The van der Waals surface area contributed by atoms with Crippen LogP contribution in [0.15, 0.2) is 30.3 Å². The van der Waals surface area contributed by atoms with Gasteiger partial charge < -0.3 is 18.9 Å². The van der Waals surface area contributed by atoms with Crippen molar-refractivity contribution in [1.82, 2.24) is 0 Å². The van der Waals surface area contributed by atoms with E-state index in [0.29, 0.717) is 47.9 Å². The van der Waals surface area contributed by atoms with Crippen LogP contribution in [-0.2, 0) is 20.4 Å². The van der Waals surface area contributed by atoms with Gasteiger partial charge in [-0.15, -0.1) is 0 Å². The zero-order chi connectivity index (χ0) is 20.5. The molecule has 1 aromatic rings. The maximum Gasteiger partial charge on any atom is 0.0717 e. The van der Waals surface area contributed by atoms with Crippen LogP contribution in [0, 0.1) is 23.7 Å². The molecule has 0 amide bonds. The fourth-order valence-electron chi connectivity index (χ4n) is 2.11. The third-order valence-electron chi connectivity index (χ3n) is 4.82. The van der Waals surface area contributed by atoms with Gasteiger partial charge in [0.25, 0.3) is 0 Å². The van der Waals surface area contributed by atoms with E-state index in [2.05, 4.69) is 39.8 Å². The lowest BCUT2D eigenvalue weighted by molar-refractivity contribution is 0.0784. The molecule has 0 aliphatic carbocycles. The van der Waals surface area contributed by atoms with E-state index in [0.717, 1.165) is 18.9 Å². The SMILES string of the molecule is COPC[C@H](C)[C@H](C)CO.COPC[C@H](C)[C@H](C)COCc1ccccc1. The molecule has 158 valence electrons. The van der Waals surface area contributed by atoms with Crippen molar-refractivity contribution >= 4 is 17.6 Å². The second-order valence-electron chi connectivity index (χ2n) is 7.20. The summed E-state index contributed by atoms with van der Waals surface area (Å²) >= 11 is 0. The van der Waals surface area contributed by atoms with Crippen molar-refractivity contribution < 1.29 is 18.9 Å². The van der Waals surface area contributed by atoms with E-state index in [-0.39, 0.29) is 6.61 Å². The van der Waals surface area contributed by atoms with Crippen LogP contribution in [0.5, 0.6) is 0 Å². The molecular formula is C21H40O4P2. The van der Waals surface area contributed by atoms with E-state index < -0.39 is 0 Å². The highest BCUT2D eigenvalue weighted by Gasteiger charge is 2.12. The Bertz CT molecular complexity index is 433. The number of rotatable bonds is 13. The highest BCUT2D eigenvalue weighted by Crippen LogP contribution is 2.22. The molecule has 0 spiro atoms. The first kappa shape index (κ1) is 26.9. The summed E-state index contributed by atoms with van der Waals surface area (Å²) in [5.74, 6) is 2.22. The largest absolute Gasteiger partial charge is 0.396 e. The quantitative estimate of drug-likeness (QED) is 0.447. The second-order valence-corrected chi connectivity index (χ2v) is 9.41. The second kappa shape index (κ2) is 18.0. The summed E-state index contributed by atoms with van der Waals surface area (Å²) in [6.45, 7) is 10.5. The first-order chi connectivity index (χ1) is 13.0. The van der Waals surface area contributed by atoms with Gasteiger partial charge in [-0.05, 0) is 41.6 Å². The van der Waals surface area contributed by atoms with Gasteiger partial charge in [0.15, 0.2) is 0 Å². The van der Waals surface area contributed by atoms with Crippen LogP contribution in [0.4, 0.5) is 0 Å². The standard InChI is InChI=1S/C14H23O2P.C7H17O2P/c1-12(13(2)11-17-15-3)9-16-10-14-7-5-4-6-8-14;1-6(4-8)7(2)5-10-9-3/h4-8,12-13,17H,9-11H2,1-3H3;6-8,10H,4-5H2,1-3H3/t12-,13+;6-,7+/m11/s1. The molecule has 1 rings (SSSR count). The number of hydrogen-bond acceptors (Lipinski definition) is 4. The van der Waals surface area contributed by atoms with Crippen LogP contribution in [0.3, 0.4) is 0 Å². The predicted octanol–water partition coefficient (Wildman–Crippen LogP) is 5.21. The molecule has 0 heterocycles. The van der Waals surface area contributed by atoms with E-state index in [1.165, 1.54) is 5.56 Å². The topological polar surface area (TPSA) is 47.9 Å². The highest BCUT2D eigenvalue weighted by atomic mass is 31.1. The Morgan fingerprint density at radius 2 is 1.33 bits per heavy atom. The van der Waals surface area contributed by atoms with E-state index in [1.807, 2.05) is 18.2 Å². The van der Waals surface area contributed by atoms with E-state index in [4.69, 9.17) is 18.9 Å². The van der Waals surface area contributed by atoms with Gasteiger partial charge in [0.1, 0.15) is 0 Å². The Balaban J connectivity index is 0.000000580. The highest BCUT2D eigenvalue weighted by molar-refractivity contribution is 7.32. The van der Waals surface area contributed by atoms with E-state index >= 15 is 0 Å². The van der Waals surface area contributed by atoms with Crippen molar-refractivity contribution in [2.75, 3.05) is 39.8 Å². The van der Waals surface area contributed by atoms with E-state index in [1.54, 1.807) is 14.2 Å². The minimum Gasteiger partial charge on any atom is -0.396 e. The van der Waals surface area contributed by atoms with Gasteiger partial charge in [0.05, 0.1) is 6.61 Å². The zero-order valence-corrected chi connectivity index (χ0v) is 19.9. The molecule has 0 aliphatic heterocycles. The number of hydrogen-bond donors (Lipinski definition) is 1. The van der Waals surface area contributed by atoms with Gasteiger partial charge in [0, 0.05) is 45.0 Å². The molecule has 0 saturated heterocycles. The minimum atomic E-state index is 0.287. The lowest BCUT2D eigenvalue weighted by Gasteiger charge is -2.19. The van der Waals surface area contributed by atoms with Gasteiger partial charge in [-0.1, -0.05) is 58.0 Å². The van der Waals surface area contributed by atoms with Gasteiger partial charge in [-0.2, -0.15) is 0 Å². The van der Waals surface area contributed by atoms with Crippen molar-refractivity contribution in [3.05, 3.63) is 35.9 Å².